The van der Waals surface area contributed by atoms with Crippen molar-refractivity contribution in [2.45, 2.75) is 51.2 Å². The van der Waals surface area contributed by atoms with Gasteiger partial charge in [-0.3, -0.25) is 4.79 Å². The molecule has 0 saturated heterocycles. The number of carbonyl (C=O) groups is 1. The van der Waals surface area contributed by atoms with Crippen molar-refractivity contribution in [3.8, 4) is 0 Å². The third kappa shape index (κ3) is 2.59. The topological polar surface area (TPSA) is 63.8 Å². The molecule has 4 saturated carbocycles. The fourth-order valence-electron chi connectivity index (χ4n) is 5.37. The van der Waals surface area contributed by atoms with E-state index in [1.54, 1.807) is 7.11 Å². The van der Waals surface area contributed by atoms with Crippen molar-refractivity contribution in [3.05, 3.63) is 15.9 Å². The number of ether oxygens (including phenoxy) is 1. The molecular formula is C18H26N2O3S. The maximum absolute atomic E-state index is 13.0. The predicted molar refractivity (Wildman–Crippen MR) is 91.5 cm³/mol. The number of hydrogen-bond donors (Lipinski definition) is 1. The zero-order chi connectivity index (χ0) is 16.9. The molecule has 4 aliphatic rings. The molecule has 0 aliphatic heterocycles. The van der Waals surface area contributed by atoms with Gasteiger partial charge in [-0.05, 0) is 62.7 Å². The summed E-state index contributed by atoms with van der Waals surface area (Å²) in [7, 11) is 1.67. The fraction of sp³-hybridized carbons (Fsp3) is 0.778. The van der Waals surface area contributed by atoms with Crippen LogP contribution in [0.25, 0.3) is 0 Å². The molecule has 0 radical (unpaired) electrons. The summed E-state index contributed by atoms with van der Waals surface area (Å²) in [6, 6.07) is 0. The van der Waals surface area contributed by atoms with E-state index in [0.717, 1.165) is 42.4 Å². The smallest absolute Gasteiger partial charge is 0.280 e. The van der Waals surface area contributed by atoms with Gasteiger partial charge in [0.2, 0.25) is 0 Å². The molecule has 5 rings (SSSR count). The average Bonchev–Trinajstić information content (AvgIpc) is 2.89. The summed E-state index contributed by atoms with van der Waals surface area (Å²) in [4.78, 5) is 19.2. The van der Waals surface area contributed by atoms with Gasteiger partial charge in [0.1, 0.15) is 0 Å². The lowest BCUT2D eigenvalue weighted by Gasteiger charge is -2.57. The van der Waals surface area contributed by atoms with Gasteiger partial charge >= 0.3 is 0 Å². The fourth-order valence-corrected chi connectivity index (χ4v) is 6.23. The van der Waals surface area contributed by atoms with E-state index in [1.807, 2.05) is 17.7 Å². The largest absolute Gasteiger partial charge is 0.383 e. The van der Waals surface area contributed by atoms with E-state index in [0.29, 0.717) is 18.0 Å². The van der Waals surface area contributed by atoms with Crippen LogP contribution in [0.5, 0.6) is 0 Å². The van der Waals surface area contributed by atoms with Crippen molar-refractivity contribution in [1.82, 2.24) is 4.57 Å². The number of aromatic nitrogens is 1. The van der Waals surface area contributed by atoms with Gasteiger partial charge in [0.05, 0.1) is 6.61 Å². The lowest BCUT2D eigenvalue weighted by Crippen LogP contribution is -2.61. The minimum Gasteiger partial charge on any atom is -0.383 e. The highest BCUT2D eigenvalue weighted by molar-refractivity contribution is 7.09. The van der Waals surface area contributed by atoms with Crippen LogP contribution in [0.2, 0.25) is 0 Å². The molecule has 132 valence electrons. The zero-order valence-corrected chi connectivity index (χ0v) is 15.2. The first kappa shape index (κ1) is 16.5. The normalized spacial score (nSPS) is 38.0. The predicted octanol–water partition coefficient (Wildman–Crippen LogP) is 2.12. The van der Waals surface area contributed by atoms with Crippen LogP contribution in [-0.2, 0) is 16.1 Å². The molecule has 1 N–H and O–H groups in total. The number of thiazole rings is 1. The van der Waals surface area contributed by atoms with Crippen molar-refractivity contribution >= 4 is 17.2 Å². The van der Waals surface area contributed by atoms with Gasteiger partial charge in [-0.2, -0.15) is 4.99 Å². The summed E-state index contributed by atoms with van der Waals surface area (Å²) in [5, 5.41) is 11.3. The average molecular weight is 350 g/mol. The Morgan fingerprint density at radius 2 is 1.96 bits per heavy atom. The van der Waals surface area contributed by atoms with E-state index in [4.69, 9.17) is 4.74 Å². The Kier molecular flexibility index (Phi) is 4.17. The summed E-state index contributed by atoms with van der Waals surface area (Å²) >= 11 is 1.50. The summed E-state index contributed by atoms with van der Waals surface area (Å²) in [5.74, 6) is 1.34. The minimum absolute atomic E-state index is 0.110. The van der Waals surface area contributed by atoms with E-state index in [9.17, 15) is 9.90 Å². The molecule has 1 aromatic rings. The maximum atomic E-state index is 13.0. The zero-order valence-electron chi connectivity index (χ0n) is 14.4. The Bertz CT molecular complexity index is 677. The van der Waals surface area contributed by atoms with Gasteiger partial charge in [0.25, 0.3) is 5.91 Å². The number of methoxy groups -OCH3 is 1. The molecule has 1 amide bonds. The second-order valence-corrected chi connectivity index (χ2v) is 9.07. The second kappa shape index (κ2) is 6.07. The van der Waals surface area contributed by atoms with Gasteiger partial charge < -0.3 is 14.4 Å². The lowest BCUT2D eigenvalue weighted by molar-refractivity contribution is -0.184. The van der Waals surface area contributed by atoms with Crippen molar-refractivity contribution in [2.75, 3.05) is 13.7 Å². The molecule has 4 fully saturated rings. The molecule has 4 aliphatic carbocycles. The molecule has 0 spiro atoms. The summed E-state index contributed by atoms with van der Waals surface area (Å²) < 4.78 is 7.10. The third-order valence-electron chi connectivity index (χ3n) is 6.29. The molecular weight excluding hydrogens is 324 g/mol. The Morgan fingerprint density at radius 3 is 2.54 bits per heavy atom. The summed E-state index contributed by atoms with van der Waals surface area (Å²) in [6.45, 7) is 3.26. The molecule has 6 heteroatoms. The Morgan fingerprint density at radius 1 is 1.33 bits per heavy atom. The number of nitrogens with zero attached hydrogens (tertiary/aromatic N) is 2. The van der Waals surface area contributed by atoms with E-state index in [2.05, 4.69) is 4.99 Å². The molecule has 0 atom stereocenters. The standard InChI is InChI=1S/C18H26N2O3S/c1-11-10-20(3-4-23-2)17(24-11)19-16(21)18(22)14-6-12-5-13(8-14)9-15(18)7-12/h10,12-15,22H,3-9H2,1-2H3. The van der Waals surface area contributed by atoms with Gasteiger partial charge in [-0.25, -0.2) is 0 Å². The summed E-state index contributed by atoms with van der Waals surface area (Å²) in [5.41, 5.74) is -1.23. The number of amides is 1. The molecule has 0 unspecified atom stereocenters. The first-order chi connectivity index (χ1) is 11.5. The highest BCUT2D eigenvalue weighted by atomic mass is 32.1. The molecule has 1 heterocycles. The third-order valence-corrected chi connectivity index (χ3v) is 7.23. The highest BCUT2D eigenvalue weighted by Crippen LogP contribution is 2.58. The number of carbonyl (C=O) groups excluding carboxylic acids is 1. The van der Waals surface area contributed by atoms with Crippen LogP contribution >= 0.6 is 11.3 Å². The van der Waals surface area contributed by atoms with Gasteiger partial charge in [-0.15, -0.1) is 11.3 Å². The number of rotatable bonds is 4. The second-order valence-electron chi connectivity index (χ2n) is 7.86. The van der Waals surface area contributed by atoms with Crippen LogP contribution in [0, 0.1) is 30.6 Å². The van der Waals surface area contributed by atoms with E-state index in [-0.39, 0.29) is 17.7 Å². The van der Waals surface area contributed by atoms with E-state index >= 15 is 0 Å². The van der Waals surface area contributed by atoms with Crippen LogP contribution in [0.4, 0.5) is 0 Å². The monoisotopic (exact) mass is 350 g/mol. The van der Waals surface area contributed by atoms with Crippen molar-refractivity contribution in [2.24, 2.45) is 28.7 Å². The van der Waals surface area contributed by atoms with E-state index in [1.165, 1.54) is 17.8 Å². The van der Waals surface area contributed by atoms with Crippen LogP contribution in [0.3, 0.4) is 0 Å². The first-order valence-corrected chi connectivity index (χ1v) is 9.79. The number of aliphatic hydroxyl groups is 1. The molecule has 4 bridgehead atoms. The van der Waals surface area contributed by atoms with E-state index < -0.39 is 5.60 Å². The van der Waals surface area contributed by atoms with Crippen LogP contribution in [-0.4, -0.2) is 34.9 Å². The maximum Gasteiger partial charge on any atom is 0.280 e. The van der Waals surface area contributed by atoms with Crippen LogP contribution in [0.15, 0.2) is 11.2 Å². The van der Waals surface area contributed by atoms with Crippen molar-refractivity contribution < 1.29 is 14.6 Å². The van der Waals surface area contributed by atoms with Gasteiger partial charge in [0.15, 0.2) is 10.4 Å². The minimum atomic E-state index is -1.23. The molecule has 24 heavy (non-hydrogen) atoms. The Labute approximate surface area is 146 Å². The Balaban J connectivity index is 1.64. The SMILES string of the molecule is COCCn1cc(C)sc1=NC(=O)C1(O)C2CC3CC(C2)CC1C3. The van der Waals surface area contributed by atoms with Gasteiger partial charge in [-0.1, -0.05) is 0 Å². The quantitative estimate of drug-likeness (QED) is 0.905. The number of hydrogen-bond acceptors (Lipinski definition) is 4. The van der Waals surface area contributed by atoms with Crippen molar-refractivity contribution in [1.29, 1.82) is 0 Å². The molecule has 0 aromatic carbocycles. The van der Waals surface area contributed by atoms with Crippen molar-refractivity contribution in [3.63, 3.8) is 0 Å². The van der Waals surface area contributed by atoms with Crippen LogP contribution in [0.1, 0.15) is 37.0 Å². The summed E-state index contributed by atoms with van der Waals surface area (Å²) in [6.07, 6.45) is 7.29. The highest BCUT2D eigenvalue weighted by Gasteiger charge is 2.60. The van der Waals surface area contributed by atoms with Gasteiger partial charge in [0, 0.05) is 24.7 Å². The first-order valence-electron chi connectivity index (χ1n) is 8.98. The number of aryl methyl sites for hydroxylation is 1. The Hall–Kier alpha value is -0.980. The molecule has 1 aromatic heterocycles. The lowest BCUT2D eigenvalue weighted by atomic mass is 9.49. The molecule has 5 nitrogen and oxygen atoms in total. The van der Waals surface area contributed by atoms with Crippen LogP contribution < -0.4 is 4.80 Å².